The first-order valence-corrected chi connectivity index (χ1v) is 16.0. The number of carbonyl (C=O) groups is 2. The van der Waals surface area contributed by atoms with E-state index < -0.39 is 30.0 Å². The number of para-hydroxylation sites is 2. The summed E-state index contributed by atoms with van der Waals surface area (Å²) in [6.07, 6.45) is -3.24. The second kappa shape index (κ2) is 14.1. The van der Waals surface area contributed by atoms with Crippen molar-refractivity contribution < 1.29 is 27.8 Å². The molecule has 2 aliphatic heterocycles. The number of benzene rings is 2. The molecule has 2 amide bonds. The Bertz CT molecular complexity index is 1730. The van der Waals surface area contributed by atoms with Gasteiger partial charge in [-0.25, -0.2) is 18.6 Å². The quantitative estimate of drug-likeness (QED) is 0.297. The predicted molar refractivity (Wildman–Crippen MR) is 175 cm³/mol. The van der Waals surface area contributed by atoms with E-state index in [1.807, 2.05) is 40.1 Å². The summed E-state index contributed by atoms with van der Waals surface area (Å²) in [7, 11) is 0. The smallest absolute Gasteiger partial charge is 0.408 e. The summed E-state index contributed by atoms with van der Waals surface area (Å²) in [5.74, 6) is -0.00752. The maximum absolute atomic E-state index is 14.3. The van der Waals surface area contributed by atoms with Crippen molar-refractivity contribution in [1.82, 2.24) is 34.7 Å². The van der Waals surface area contributed by atoms with E-state index in [4.69, 9.17) is 14.5 Å². The average molecular weight is 664 g/mol. The van der Waals surface area contributed by atoms with Gasteiger partial charge in [-0.05, 0) is 38.5 Å². The lowest BCUT2D eigenvalue weighted by Gasteiger charge is -2.37. The fourth-order valence-electron chi connectivity index (χ4n) is 5.74. The number of carbonyl (C=O) groups excluding carboxylic acids is 2. The molecule has 0 spiro atoms. The van der Waals surface area contributed by atoms with E-state index >= 15 is 0 Å². The van der Waals surface area contributed by atoms with Crippen LogP contribution in [0.2, 0.25) is 0 Å². The van der Waals surface area contributed by atoms with Crippen molar-refractivity contribution in [1.29, 1.82) is 0 Å². The molecule has 2 saturated heterocycles. The Hall–Kier alpha value is -4.92. The van der Waals surface area contributed by atoms with E-state index in [-0.39, 0.29) is 11.9 Å². The van der Waals surface area contributed by atoms with Crippen LogP contribution >= 0.6 is 0 Å². The van der Waals surface area contributed by atoms with Gasteiger partial charge >= 0.3 is 6.09 Å². The Morgan fingerprint density at radius 1 is 0.833 bits per heavy atom. The SMILES string of the molecule is CC(C)(C)OC(=O)N[C@@H](Cc1ccccc1)C(=O)N1CCN(c2nc(N3CCOCC3)nc(-n3c(C(F)F)nc4ccccc43)n2)CC1. The standard InChI is InChI=1S/C33H39F2N9O4/c1-33(2,3)48-32(46)37-24(21-22-9-5-4-6-10-22)28(45)41-13-15-42(16-14-41)29-38-30(43-17-19-47-20-18-43)40-31(39-29)44-25-12-8-7-11-23(25)36-27(44)26(34)35/h4-12,24,26H,13-21H2,1-3H3,(H,37,46)/t24-/m0/s1. The molecular formula is C33H39F2N9O4. The highest BCUT2D eigenvalue weighted by Crippen LogP contribution is 2.28. The Kier molecular flexibility index (Phi) is 9.66. The van der Waals surface area contributed by atoms with Crippen molar-refractivity contribution in [3.8, 4) is 5.95 Å². The third-order valence-electron chi connectivity index (χ3n) is 8.02. The highest BCUT2D eigenvalue weighted by molar-refractivity contribution is 5.86. The van der Waals surface area contributed by atoms with Gasteiger partial charge in [0.2, 0.25) is 23.8 Å². The van der Waals surface area contributed by atoms with Crippen LogP contribution in [0.5, 0.6) is 0 Å². The summed E-state index contributed by atoms with van der Waals surface area (Å²) in [4.78, 5) is 50.4. The first kappa shape index (κ1) is 33.0. The minimum atomic E-state index is -2.86. The molecule has 2 fully saturated rings. The third kappa shape index (κ3) is 7.62. The molecule has 2 aromatic heterocycles. The number of amides is 2. The number of alkyl carbamates (subject to hydrolysis) is 1. The summed E-state index contributed by atoms with van der Waals surface area (Å²) in [6.45, 7) is 8.71. The van der Waals surface area contributed by atoms with Gasteiger partial charge in [-0.1, -0.05) is 42.5 Å². The van der Waals surface area contributed by atoms with E-state index in [1.54, 1.807) is 49.9 Å². The molecule has 6 rings (SSSR count). The zero-order valence-corrected chi connectivity index (χ0v) is 27.2. The van der Waals surface area contributed by atoms with E-state index in [2.05, 4.69) is 20.3 Å². The number of imidazole rings is 1. The first-order chi connectivity index (χ1) is 23.1. The Morgan fingerprint density at radius 3 is 2.08 bits per heavy atom. The van der Waals surface area contributed by atoms with Crippen molar-refractivity contribution >= 4 is 34.9 Å². The lowest BCUT2D eigenvalue weighted by Crippen LogP contribution is -2.56. The number of nitrogens with one attached hydrogen (secondary N) is 1. The topological polar surface area (TPSA) is 131 Å². The van der Waals surface area contributed by atoms with E-state index in [9.17, 15) is 18.4 Å². The number of halogens is 2. The molecule has 4 aromatic rings. The summed E-state index contributed by atoms with van der Waals surface area (Å²) in [5.41, 5.74) is 1.03. The Morgan fingerprint density at radius 2 is 1.44 bits per heavy atom. The van der Waals surface area contributed by atoms with E-state index in [1.165, 1.54) is 4.57 Å². The van der Waals surface area contributed by atoms with Gasteiger partial charge in [-0.15, -0.1) is 0 Å². The van der Waals surface area contributed by atoms with Crippen LogP contribution < -0.4 is 15.1 Å². The molecule has 0 aliphatic carbocycles. The minimum absolute atomic E-state index is 0.0356. The monoisotopic (exact) mass is 663 g/mol. The van der Waals surface area contributed by atoms with Crippen molar-refractivity contribution in [2.24, 2.45) is 0 Å². The number of morpholine rings is 1. The number of fused-ring (bicyclic) bond motifs is 1. The van der Waals surface area contributed by atoms with Crippen molar-refractivity contribution in [2.75, 3.05) is 62.3 Å². The minimum Gasteiger partial charge on any atom is -0.444 e. The Balaban J connectivity index is 1.25. The summed E-state index contributed by atoms with van der Waals surface area (Å²) >= 11 is 0. The van der Waals surface area contributed by atoms with Crippen LogP contribution in [0.4, 0.5) is 25.5 Å². The molecule has 15 heteroatoms. The molecule has 48 heavy (non-hydrogen) atoms. The molecule has 1 atom stereocenters. The molecule has 1 N–H and O–H groups in total. The second-order valence-electron chi connectivity index (χ2n) is 12.6. The second-order valence-corrected chi connectivity index (χ2v) is 12.6. The lowest BCUT2D eigenvalue weighted by atomic mass is 10.0. The maximum Gasteiger partial charge on any atom is 0.408 e. The van der Waals surface area contributed by atoms with Gasteiger partial charge < -0.3 is 29.5 Å². The van der Waals surface area contributed by atoms with Gasteiger partial charge in [0.1, 0.15) is 11.6 Å². The average Bonchev–Trinajstić information content (AvgIpc) is 3.48. The van der Waals surface area contributed by atoms with Crippen molar-refractivity contribution in [3.05, 3.63) is 66.0 Å². The third-order valence-corrected chi connectivity index (χ3v) is 8.02. The molecule has 4 heterocycles. The van der Waals surface area contributed by atoms with Gasteiger partial charge in [-0.2, -0.15) is 15.0 Å². The normalized spacial score (nSPS) is 16.3. The number of aromatic nitrogens is 5. The molecule has 0 bridgehead atoms. The number of alkyl halides is 2. The fourth-order valence-corrected chi connectivity index (χ4v) is 5.74. The van der Waals surface area contributed by atoms with E-state index in [0.29, 0.717) is 81.8 Å². The zero-order chi connectivity index (χ0) is 33.8. The summed E-state index contributed by atoms with van der Waals surface area (Å²) < 4.78 is 40.8. The molecule has 0 saturated carbocycles. The number of hydrogen-bond acceptors (Lipinski definition) is 10. The van der Waals surface area contributed by atoms with Gasteiger partial charge in [0, 0.05) is 45.7 Å². The van der Waals surface area contributed by atoms with Gasteiger partial charge in [0.15, 0.2) is 5.82 Å². The number of hydrogen-bond donors (Lipinski definition) is 1. The van der Waals surface area contributed by atoms with Crippen LogP contribution in [0.1, 0.15) is 38.6 Å². The highest BCUT2D eigenvalue weighted by Gasteiger charge is 2.32. The maximum atomic E-state index is 14.3. The molecule has 2 aliphatic rings. The predicted octanol–water partition coefficient (Wildman–Crippen LogP) is 3.77. The van der Waals surface area contributed by atoms with Crippen LogP contribution in [-0.4, -0.2) is 106 Å². The number of anilines is 2. The van der Waals surface area contributed by atoms with Crippen LogP contribution in [-0.2, 0) is 20.7 Å². The number of rotatable bonds is 8. The van der Waals surface area contributed by atoms with Crippen molar-refractivity contribution in [3.63, 3.8) is 0 Å². The fraction of sp³-hybridized carbons (Fsp3) is 0.455. The largest absolute Gasteiger partial charge is 0.444 e. The zero-order valence-electron chi connectivity index (χ0n) is 27.2. The van der Waals surface area contributed by atoms with Crippen LogP contribution in [0.25, 0.3) is 17.0 Å². The number of piperazine rings is 1. The highest BCUT2D eigenvalue weighted by atomic mass is 19.3. The molecule has 254 valence electrons. The Labute approximate surface area is 276 Å². The summed E-state index contributed by atoms with van der Waals surface area (Å²) in [5, 5.41) is 2.77. The van der Waals surface area contributed by atoms with Crippen LogP contribution in [0.15, 0.2) is 54.6 Å². The molecule has 0 unspecified atom stereocenters. The lowest BCUT2D eigenvalue weighted by molar-refractivity contribution is -0.133. The van der Waals surface area contributed by atoms with Gasteiger partial charge in [0.05, 0.1) is 24.2 Å². The van der Waals surface area contributed by atoms with Crippen LogP contribution in [0, 0.1) is 0 Å². The molecule has 0 radical (unpaired) electrons. The van der Waals surface area contributed by atoms with Crippen LogP contribution in [0.3, 0.4) is 0 Å². The van der Waals surface area contributed by atoms with Gasteiger partial charge in [-0.3, -0.25) is 9.36 Å². The first-order valence-electron chi connectivity index (χ1n) is 16.0. The van der Waals surface area contributed by atoms with Crippen molar-refractivity contribution in [2.45, 2.75) is 45.3 Å². The van der Waals surface area contributed by atoms with E-state index in [0.717, 1.165) is 5.56 Å². The molecule has 13 nitrogen and oxygen atoms in total. The number of nitrogens with zero attached hydrogens (tertiary/aromatic N) is 8. The summed E-state index contributed by atoms with van der Waals surface area (Å²) in [6, 6.07) is 15.5. The van der Waals surface area contributed by atoms with Gasteiger partial charge in [0.25, 0.3) is 6.43 Å². The molecular weight excluding hydrogens is 624 g/mol. The number of ether oxygens (including phenoxy) is 2. The molecule has 2 aromatic carbocycles.